The SMILES string of the molecule is CNCc1cc(-c2cccc(F)c2C)ccc1OC. The van der Waals surface area contributed by atoms with E-state index in [2.05, 4.69) is 5.32 Å². The smallest absolute Gasteiger partial charge is 0.126 e. The minimum Gasteiger partial charge on any atom is -0.496 e. The zero-order valence-electron chi connectivity index (χ0n) is 11.5. The number of halogens is 1. The van der Waals surface area contributed by atoms with Crippen molar-refractivity contribution in [1.82, 2.24) is 5.32 Å². The fraction of sp³-hybridized carbons (Fsp3) is 0.250. The van der Waals surface area contributed by atoms with Crippen LogP contribution in [-0.4, -0.2) is 14.2 Å². The van der Waals surface area contributed by atoms with Gasteiger partial charge in [-0.25, -0.2) is 4.39 Å². The van der Waals surface area contributed by atoms with Crippen LogP contribution in [0.1, 0.15) is 11.1 Å². The Morgan fingerprint density at radius 3 is 2.68 bits per heavy atom. The zero-order valence-corrected chi connectivity index (χ0v) is 11.5. The first-order valence-corrected chi connectivity index (χ1v) is 6.24. The minimum absolute atomic E-state index is 0.177. The normalized spacial score (nSPS) is 10.5. The highest BCUT2D eigenvalue weighted by atomic mass is 19.1. The van der Waals surface area contributed by atoms with E-state index in [-0.39, 0.29) is 5.82 Å². The van der Waals surface area contributed by atoms with E-state index in [1.165, 1.54) is 6.07 Å². The molecule has 0 spiro atoms. The molecule has 0 aliphatic heterocycles. The van der Waals surface area contributed by atoms with Crippen molar-refractivity contribution in [2.24, 2.45) is 0 Å². The second-order valence-electron chi connectivity index (χ2n) is 4.47. The fourth-order valence-electron chi connectivity index (χ4n) is 2.19. The Bertz CT molecular complexity index is 581. The molecule has 0 saturated heterocycles. The van der Waals surface area contributed by atoms with Crippen LogP contribution >= 0.6 is 0 Å². The van der Waals surface area contributed by atoms with Gasteiger partial charge in [-0.1, -0.05) is 18.2 Å². The molecule has 2 rings (SSSR count). The third kappa shape index (κ3) is 2.76. The van der Waals surface area contributed by atoms with Crippen LogP contribution < -0.4 is 10.1 Å². The van der Waals surface area contributed by atoms with E-state index in [0.29, 0.717) is 12.1 Å². The van der Waals surface area contributed by atoms with Crippen LogP contribution in [0.25, 0.3) is 11.1 Å². The monoisotopic (exact) mass is 259 g/mol. The van der Waals surface area contributed by atoms with Gasteiger partial charge in [0.2, 0.25) is 0 Å². The van der Waals surface area contributed by atoms with Crippen molar-refractivity contribution in [3.05, 3.63) is 53.3 Å². The van der Waals surface area contributed by atoms with Crippen molar-refractivity contribution in [2.45, 2.75) is 13.5 Å². The van der Waals surface area contributed by atoms with Gasteiger partial charge in [0.15, 0.2) is 0 Å². The summed E-state index contributed by atoms with van der Waals surface area (Å²) in [6, 6.07) is 11.1. The van der Waals surface area contributed by atoms with Crippen molar-refractivity contribution in [2.75, 3.05) is 14.2 Å². The summed E-state index contributed by atoms with van der Waals surface area (Å²) in [6.07, 6.45) is 0. The Labute approximate surface area is 113 Å². The summed E-state index contributed by atoms with van der Waals surface area (Å²) in [5.41, 5.74) is 3.65. The lowest BCUT2D eigenvalue weighted by atomic mass is 9.98. The quantitative estimate of drug-likeness (QED) is 0.907. The van der Waals surface area contributed by atoms with E-state index in [0.717, 1.165) is 22.4 Å². The zero-order chi connectivity index (χ0) is 13.8. The number of rotatable bonds is 4. The maximum Gasteiger partial charge on any atom is 0.126 e. The summed E-state index contributed by atoms with van der Waals surface area (Å²) >= 11 is 0. The van der Waals surface area contributed by atoms with Crippen LogP contribution in [0.4, 0.5) is 4.39 Å². The van der Waals surface area contributed by atoms with Gasteiger partial charge in [0.05, 0.1) is 7.11 Å². The lowest BCUT2D eigenvalue weighted by molar-refractivity contribution is 0.408. The molecule has 0 heterocycles. The van der Waals surface area contributed by atoms with Gasteiger partial charge in [-0.2, -0.15) is 0 Å². The van der Waals surface area contributed by atoms with Crippen molar-refractivity contribution >= 4 is 0 Å². The lowest BCUT2D eigenvalue weighted by Gasteiger charge is -2.12. The highest BCUT2D eigenvalue weighted by Crippen LogP contribution is 2.29. The van der Waals surface area contributed by atoms with Crippen LogP contribution in [-0.2, 0) is 6.54 Å². The van der Waals surface area contributed by atoms with Crippen molar-refractivity contribution < 1.29 is 9.13 Å². The summed E-state index contributed by atoms with van der Waals surface area (Å²) in [6.45, 7) is 2.51. The third-order valence-electron chi connectivity index (χ3n) is 3.23. The van der Waals surface area contributed by atoms with Gasteiger partial charge < -0.3 is 10.1 Å². The van der Waals surface area contributed by atoms with Crippen LogP contribution in [0.15, 0.2) is 36.4 Å². The molecule has 100 valence electrons. The Balaban J connectivity index is 2.51. The maximum absolute atomic E-state index is 13.6. The first-order chi connectivity index (χ1) is 9.17. The molecular weight excluding hydrogens is 241 g/mol. The molecule has 19 heavy (non-hydrogen) atoms. The van der Waals surface area contributed by atoms with E-state index in [4.69, 9.17) is 4.74 Å². The molecule has 0 aliphatic carbocycles. The molecule has 0 bridgehead atoms. The Kier molecular flexibility index (Phi) is 4.17. The maximum atomic E-state index is 13.6. The van der Waals surface area contributed by atoms with Gasteiger partial charge in [0, 0.05) is 12.1 Å². The molecule has 3 heteroatoms. The molecule has 1 N–H and O–H groups in total. The number of nitrogens with one attached hydrogen (secondary N) is 1. The summed E-state index contributed by atoms with van der Waals surface area (Å²) < 4.78 is 19.0. The number of methoxy groups -OCH3 is 1. The molecule has 0 amide bonds. The van der Waals surface area contributed by atoms with Gasteiger partial charge in [-0.3, -0.25) is 0 Å². The van der Waals surface area contributed by atoms with Crippen molar-refractivity contribution in [1.29, 1.82) is 0 Å². The van der Waals surface area contributed by atoms with Gasteiger partial charge >= 0.3 is 0 Å². The van der Waals surface area contributed by atoms with E-state index in [1.807, 2.05) is 31.3 Å². The van der Waals surface area contributed by atoms with E-state index in [9.17, 15) is 4.39 Å². The van der Waals surface area contributed by atoms with Crippen LogP contribution in [0.5, 0.6) is 5.75 Å². The summed E-state index contributed by atoms with van der Waals surface area (Å²) in [5, 5.41) is 3.11. The second-order valence-corrected chi connectivity index (χ2v) is 4.47. The fourth-order valence-corrected chi connectivity index (χ4v) is 2.19. The molecule has 0 aliphatic rings. The molecule has 0 unspecified atom stereocenters. The summed E-state index contributed by atoms with van der Waals surface area (Å²) in [5.74, 6) is 0.663. The average Bonchev–Trinajstić information content (AvgIpc) is 2.42. The Morgan fingerprint density at radius 2 is 2.00 bits per heavy atom. The highest BCUT2D eigenvalue weighted by Gasteiger charge is 2.09. The molecule has 2 nitrogen and oxygen atoms in total. The molecule has 0 aromatic heterocycles. The van der Waals surface area contributed by atoms with Crippen molar-refractivity contribution in [3.63, 3.8) is 0 Å². The number of hydrogen-bond donors (Lipinski definition) is 1. The standard InChI is InChI=1S/C16H18FNO/c1-11-14(5-4-6-15(11)17)12-7-8-16(19-3)13(9-12)10-18-2/h4-9,18H,10H2,1-3H3. The summed E-state index contributed by atoms with van der Waals surface area (Å²) in [7, 11) is 3.54. The highest BCUT2D eigenvalue weighted by molar-refractivity contribution is 5.69. The van der Waals surface area contributed by atoms with Gasteiger partial charge in [-0.05, 0) is 48.9 Å². The number of benzene rings is 2. The second kappa shape index (κ2) is 5.85. The average molecular weight is 259 g/mol. The number of ether oxygens (including phenoxy) is 1. The predicted octanol–water partition coefficient (Wildman–Crippen LogP) is 3.53. The van der Waals surface area contributed by atoms with E-state index in [1.54, 1.807) is 20.1 Å². The molecule has 2 aromatic carbocycles. The van der Waals surface area contributed by atoms with E-state index < -0.39 is 0 Å². The predicted molar refractivity (Wildman–Crippen MR) is 75.9 cm³/mol. The van der Waals surface area contributed by atoms with Crippen LogP contribution in [0.3, 0.4) is 0 Å². The van der Waals surface area contributed by atoms with Gasteiger partial charge in [0.25, 0.3) is 0 Å². The Morgan fingerprint density at radius 1 is 1.21 bits per heavy atom. The molecule has 0 radical (unpaired) electrons. The molecule has 0 atom stereocenters. The lowest BCUT2D eigenvalue weighted by Crippen LogP contribution is -2.06. The van der Waals surface area contributed by atoms with Gasteiger partial charge in [0.1, 0.15) is 11.6 Å². The molecule has 2 aromatic rings. The van der Waals surface area contributed by atoms with Crippen molar-refractivity contribution in [3.8, 4) is 16.9 Å². The first-order valence-electron chi connectivity index (χ1n) is 6.24. The van der Waals surface area contributed by atoms with E-state index >= 15 is 0 Å². The molecule has 0 saturated carbocycles. The topological polar surface area (TPSA) is 21.3 Å². The molecular formula is C16H18FNO. The number of hydrogen-bond acceptors (Lipinski definition) is 2. The largest absolute Gasteiger partial charge is 0.496 e. The Hall–Kier alpha value is -1.87. The first kappa shape index (κ1) is 13.6. The third-order valence-corrected chi connectivity index (χ3v) is 3.23. The van der Waals surface area contributed by atoms with Gasteiger partial charge in [-0.15, -0.1) is 0 Å². The minimum atomic E-state index is -0.177. The molecule has 0 fully saturated rings. The van der Waals surface area contributed by atoms with Crippen LogP contribution in [0.2, 0.25) is 0 Å². The van der Waals surface area contributed by atoms with Crippen LogP contribution in [0, 0.1) is 12.7 Å². The summed E-state index contributed by atoms with van der Waals surface area (Å²) in [4.78, 5) is 0.